The second-order valence-corrected chi connectivity index (χ2v) is 6.05. The van der Waals surface area contributed by atoms with Crippen LogP contribution in [0.4, 0.5) is 0 Å². The number of fused-ring (bicyclic) bond motifs is 1. The van der Waals surface area contributed by atoms with Crippen LogP contribution in [-0.4, -0.2) is 14.6 Å². The number of rotatable bonds is 3. The molecular weight excluding hydrogens is 382 g/mol. The van der Waals surface area contributed by atoms with Crippen LogP contribution in [0.2, 0.25) is 0 Å². The molecule has 102 valence electrons. The number of benzene rings is 1. The summed E-state index contributed by atoms with van der Waals surface area (Å²) in [5.74, 6) is 0. The molecule has 1 aromatic carbocycles. The van der Waals surface area contributed by atoms with Crippen LogP contribution in [0.25, 0.3) is 5.65 Å². The van der Waals surface area contributed by atoms with Gasteiger partial charge in [0.15, 0.2) is 5.65 Å². The summed E-state index contributed by atoms with van der Waals surface area (Å²) in [6, 6.07) is 12.4. The SMILES string of the molecule is Cc1cc(Br)n2nc(Cc3ccccc3)c(CBr)c2n1. The highest BCUT2D eigenvalue weighted by Crippen LogP contribution is 2.23. The summed E-state index contributed by atoms with van der Waals surface area (Å²) in [6.07, 6.45) is 0.816. The Morgan fingerprint density at radius 2 is 1.95 bits per heavy atom. The molecule has 0 saturated carbocycles. The monoisotopic (exact) mass is 393 g/mol. The third-order valence-corrected chi connectivity index (χ3v) is 4.33. The largest absolute Gasteiger partial charge is 0.233 e. The van der Waals surface area contributed by atoms with E-state index in [2.05, 4.69) is 61.1 Å². The Balaban J connectivity index is 2.14. The minimum atomic E-state index is 0.752. The van der Waals surface area contributed by atoms with Gasteiger partial charge in [0.2, 0.25) is 0 Å². The Hall–Kier alpha value is -1.20. The van der Waals surface area contributed by atoms with Gasteiger partial charge in [-0.15, -0.1) is 0 Å². The second-order valence-electron chi connectivity index (χ2n) is 4.68. The second kappa shape index (κ2) is 5.66. The Morgan fingerprint density at radius 1 is 1.20 bits per heavy atom. The topological polar surface area (TPSA) is 30.2 Å². The molecule has 5 heteroatoms. The molecule has 0 aliphatic carbocycles. The van der Waals surface area contributed by atoms with Gasteiger partial charge >= 0.3 is 0 Å². The van der Waals surface area contributed by atoms with Crippen molar-refractivity contribution < 1.29 is 0 Å². The van der Waals surface area contributed by atoms with E-state index in [1.54, 1.807) is 0 Å². The Kier molecular flexibility index (Phi) is 3.89. The van der Waals surface area contributed by atoms with E-state index in [0.29, 0.717) is 0 Å². The first kappa shape index (κ1) is 13.8. The first-order chi connectivity index (χ1) is 9.69. The summed E-state index contributed by atoms with van der Waals surface area (Å²) in [5.41, 5.74) is 5.37. The van der Waals surface area contributed by atoms with E-state index < -0.39 is 0 Å². The predicted octanol–water partition coefficient (Wildman–Crippen LogP) is 4.29. The van der Waals surface area contributed by atoms with E-state index in [1.807, 2.05) is 23.6 Å². The highest BCUT2D eigenvalue weighted by molar-refractivity contribution is 9.10. The van der Waals surface area contributed by atoms with Crippen LogP contribution < -0.4 is 0 Å². The molecule has 3 rings (SSSR count). The smallest absolute Gasteiger partial charge is 0.160 e. The molecule has 2 aromatic heterocycles. The zero-order valence-corrected chi connectivity index (χ0v) is 14.1. The molecule has 0 unspecified atom stereocenters. The lowest BCUT2D eigenvalue weighted by atomic mass is 10.1. The van der Waals surface area contributed by atoms with E-state index in [-0.39, 0.29) is 0 Å². The van der Waals surface area contributed by atoms with Gasteiger partial charge in [-0.25, -0.2) is 9.50 Å². The van der Waals surface area contributed by atoms with Crippen molar-refractivity contribution in [2.24, 2.45) is 0 Å². The van der Waals surface area contributed by atoms with Gasteiger partial charge in [-0.05, 0) is 34.5 Å². The summed E-state index contributed by atoms with van der Waals surface area (Å²) in [5, 5.41) is 5.45. The lowest BCUT2D eigenvalue weighted by Gasteiger charge is -2.00. The highest BCUT2D eigenvalue weighted by atomic mass is 79.9. The minimum Gasteiger partial charge on any atom is -0.233 e. The minimum absolute atomic E-state index is 0.752. The predicted molar refractivity (Wildman–Crippen MR) is 87.3 cm³/mol. The number of aromatic nitrogens is 3. The van der Waals surface area contributed by atoms with Gasteiger partial charge in [0, 0.05) is 23.0 Å². The molecule has 0 amide bonds. The van der Waals surface area contributed by atoms with Crippen molar-refractivity contribution in [3.05, 3.63) is 63.5 Å². The van der Waals surface area contributed by atoms with Crippen LogP contribution in [0, 0.1) is 6.92 Å². The summed E-state index contributed by atoms with van der Waals surface area (Å²) in [6.45, 7) is 1.99. The maximum absolute atomic E-state index is 4.70. The fourth-order valence-corrected chi connectivity index (χ4v) is 3.40. The molecule has 0 atom stereocenters. The normalized spacial score (nSPS) is 11.2. The first-order valence-electron chi connectivity index (χ1n) is 6.32. The van der Waals surface area contributed by atoms with E-state index in [4.69, 9.17) is 5.10 Å². The van der Waals surface area contributed by atoms with E-state index in [0.717, 1.165) is 39.0 Å². The van der Waals surface area contributed by atoms with Crippen molar-refractivity contribution in [1.29, 1.82) is 0 Å². The number of alkyl halides is 1. The van der Waals surface area contributed by atoms with Crippen molar-refractivity contribution in [2.45, 2.75) is 18.7 Å². The maximum atomic E-state index is 4.70. The van der Waals surface area contributed by atoms with Gasteiger partial charge in [0.05, 0.1) is 5.69 Å². The molecule has 20 heavy (non-hydrogen) atoms. The molecule has 0 aliphatic rings. The van der Waals surface area contributed by atoms with Crippen LogP contribution in [0.5, 0.6) is 0 Å². The third-order valence-electron chi connectivity index (χ3n) is 3.20. The van der Waals surface area contributed by atoms with Crippen molar-refractivity contribution >= 4 is 37.5 Å². The molecule has 0 N–H and O–H groups in total. The Morgan fingerprint density at radius 3 is 2.65 bits per heavy atom. The average Bonchev–Trinajstić information content (AvgIpc) is 2.77. The Bertz CT molecular complexity index is 751. The van der Waals surface area contributed by atoms with Crippen LogP contribution in [0.15, 0.2) is 41.0 Å². The molecule has 0 radical (unpaired) electrons. The summed E-state index contributed by atoms with van der Waals surface area (Å²) >= 11 is 7.12. The molecule has 0 bridgehead atoms. The molecular formula is C15H13Br2N3. The third kappa shape index (κ3) is 2.52. The van der Waals surface area contributed by atoms with E-state index in [1.165, 1.54) is 5.56 Å². The summed E-state index contributed by atoms with van der Waals surface area (Å²) < 4.78 is 2.79. The average molecular weight is 395 g/mol. The van der Waals surface area contributed by atoms with Crippen molar-refractivity contribution in [1.82, 2.24) is 14.6 Å². The van der Waals surface area contributed by atoms with Crippen LogP contribution >= 0.6 is 31.9 Å². The van der Waals surface area contributed by atoms with E-state index >= 15 is 0 Å². The zero-order chi connectivity index (χ0) is 14.1. The molecule has 3 nitrogen and oxygen atoms in total. The van der Waals surface area contributed by atoms with Gasteiger partial charge in [0.25, 0.3) is 0 Å². The highest BCUT2D eigenvalue weighted by Gasteiger charge is 2.15. The summed E-state index contributed by atoms with van der Waals surface area (Å²) in [7, 11) is 0. The van der Waals surface area contributed by atoms with Crippen LogP contribution in [-0.2, 0) is 11.8 Å². The lowest BCUT2D eigenvalue weighted by molar-refractivity contribution is 0.870. The van der Waals surface area contributed by atoms with Crippen molar-refractivity contribution in [3.8, 4) is 0 Å². The van der Waals surface area contributed by atoms with Gasteiger partial charge < -0.3 is 0 Å². The number of halogens is 2. The van der Waals surface area contributed by atoms with Crippen molar-refractivity contribution in [2.75, 3.05) is 0 Å². The number of nitrogens with zero attached hydrogens (tertiary/aromatic N) is 3. The molecule has 2 heterocycles. The van der Waals surface area contributed by atoms with Crippen molar-refractivity contribution in [3.63, 3.8) is 0 Å². The van der Waals surface area contributed by atoms with Gasteiger partial charge in [-0.1, -0.05) is 46.3 Å². The number of aryl methyl sites for hydroxylation is 1. The van der Waals surface area contributed by atoms with E-state index in [9.17, 15) is 0 Å². The molecule has 3 aromatic rings. The fourth-order valence-electron chi connectivity index (χ4n) is 2.25. The number of hydrogen-bond acceptors (Lipinski definition) is 2. The standard InChI is InChI=1S/C15H13Br2N3/c1-10-7-14(17)20-15(18-10)12(9-16)13(19-20)8-11-5-3-2-4-6-11/h2-7H,8-9H2,1H3. The molecule has 0 aliphatic heterocycles. The van der Waals surface area contributed by atoms with Gasteiger partial charge in [-0.3, -0.25) is 0 Å². The fraction of sp³-hybridized carbons (Fsp3) is 0.200. The molecule has 0 spiro atoms. The summed E-state index contributed by atoms with van der Waals surface area (Å²) in [4.78, 5) is 4.61. The molecule has 0 fully saturated rings. The quantitative estimate of drug-likeness (QED) is 0.490. The van der Waals surface area contributed by atoms with Crippen LogP contribution in [0.3, 0.4) is 0 Å². The molecule has 0 saturated heterocycles. The maximum Gasteiger partial charge on any atom is 0.160 e. The van der Waals surface area contributed by atoms with Crippen LogP contribution in [0.1, 0.15) is 22.5 Å². The Labute approximate surface area is 134 Å². The zero-order valence-electron chi connectivity index (χ0n) is 11.0. The lowest BCUT2D eigenvalue weighted by Crippen LogP contribution is -1.95. The number of hydrogen-bond donors (Lipinski definition) is 0. The van der Waals surface area contributed by atoms with Gasteiger partial charge in [0.1, 0.15) is 4.60 Å². The van der Waals surface area contributed by atoms with Gasteiger partial charge in [-0.2, -0.15) is 5.10 Å². The first-order valence-corrected chi connectivity index (χ1v) is 8.24.